The lowest BCUT2D eigenvalue weighted by molar-refractivity contribution is -0.148. The fourth-order valence-corrected chi connectivity index (χ4v) is 2.16. The first-order valence-corrected chi connectivity index (χ1v) is 6.50. The lowest BCUT2D eigenvalue weighted by Gasteiger charge is -2.12. The van der Waals surface area contributed by atoms with E-state index in [0.717, 1.165) is 5.56 Å². The molecule has 0 saturated heterocycles. The molecular weight excluding hydrogens is 256 g/mol. The molecule has 2 rings (SSSR count). The number of nitrogens with two attached hydrogens (primary N) is 1. The van der Waals surface area contributed by atoms with Gasteiger partial charge in [0.15, 0.2) is 0 Å². The Morgan fingerprint density at radius 3 is 2.40 bits per heavy atom. The van der Waals surface area contributed by atoms with Crippen LogP contribution in [0.25, 0.3) is 0 Å². The molecule has 0 aromatic heterocycles. The highest BCUT2D eigenvalue weighted by Gasteiger charge is 2.40. The van der Waals surface area contributed by atoms with E-state index in [-0.39, 0.29) is 17.7 Å². The predicted molar refractivity (Wildman–Crippen MR) is 73.1 cm³/mol. The second-order valence-corrected chi connectivity index (χ2v) is 4.64. The predicted octanol–water partition coefficient (Wildman–Crippen LogP) is 1.14. The summed E-state index contributed by atoms with van der Waals surface area (Å²) in [4.78, 5) is 36.8. The number of nitrogens with zero attached hydrogens (tertiary/aromatic N) is 1. The zero-order valence-electron chi connectivity index (χ0n) is 11.3. The summed E-state index contributed by atoms with van der Waals surface area (Å²) in [6.45, 7) is 1.88. The van der Waals surface area contributed by atoms with E-state index in [1.807, 2.05) is 13.0 Å². The largest absolute Gasteiger partial charge is 0.394 e. The van der Waals surface area contributed by atoms with Crippen molar-refractivity contribution in [3.8, 4) is 0 Å². The van der Waals surface area contributed by atoms with Crippen molar-refractivity contribution in [1.82, 2.24) is 4.90 Å². The minimum Gasteiger partial charge on any atom is -0.394 e. The summed E-state index contributed by atoms with van der Waals surface area (Å²) in [5.41, 5.74) is 6.54. The van der Waals surface area contributed by atoms with Crippen molar-refractivity contribution in [2.45, 2.75) is 26.2 Å². The van der Waals surface area contributed by atoms with Crippen molar-refractivity contribution in [3.63, 3.8) is 0 Å². The van der Waals surface area contributed by atoms with Crippen LogP contribution in [0.4, 0.5) is 0 Å². The highest BCUT2D eigenvalue weighted by molar-refractivity contribution is 6.27. The summed E-state index contributed by atoms with van der Waals surface area (Å²) in [7, 11) is 0. The van der Waals surface area contributed by atoms with Crippen LogP contribution in [0.15, 0.2) is 41.6 Å². The Hall–Kier alpha value is -2.43. The van der Waals surface area contributed by atoms with Crippen LogP contribution < -0.4 is 5.73 Å². The van der Waals surface area contributed by atoms with Gasteiger partial charge in [-0.25, -0.2) is 4.90 Å². The number of carbonyl (C=O) groups excluding carboxylic acids is 3. The third-order valence-electron chi connectivity index (χ3n) is 3.17. The number of amides is 3. The molecule has 104 valence electrons. The van der Waals surface area contributed by atoms with Crippen LogP contribution in [-0.2, 0) is 20.8 Å². The van der Waals surface area contributed by atoms with Gasteiger partial charge in [-0.1, -0.05) is 43.7 Å². The molecule has 1 aromatic carbocycles. The third-order valence-corrected chi connectivity index (χ3v) is 3.17. The van der Waals surface area contributed by atoms with Gasteiger partial charge in [0.05, 0.1) is 6.42 Å². The summed E-state index contributed by atoms with van der Waals surface area (Å²) in [6, 6.07) is 8.97. The first kappa shape index (κ1) is 14.0. The third kappa shape index (κ3) is 2.47. The first-order valence-electron chi connectivity index (χ1n) is 6.50. The maximum absolute atomic E-state index is 12.1. The average Bonchev–Trinajstić information content (AvgIpc) is 2.64. The zero-order valence-corrected chi connectivity index (χ0v) is 11.3. The van der Waals surface area contributed by atoms with Gasteiger partial charge in [-0.2, -0.15) is 0 Å². The van der Waals surface area contributed by atoms with Crippen molar-refractivity contribution in [3.05, 3.63) is 47.2 Å². The van der Waals surface area contributed by atoms with Crippen molar-refractivity contribution in [2.75, 3.05) is 0 Å². The number of carbonyl (C=O) groups is 3. The second-order valence-electron chi connectivity index (χ2n) is 4.64. The Kier molecular flexibility index (Phi) is 3.98. The maximum atomic E-state index is 12.1. The van der Waals surface area contributed by atoms with Crippen molar-refractivity contribution < 1.29 is 14.4 Å². The lowest BCUT2D eigenvalue weighted by atomic mass is 10.1. The molecule has 0 unspecified atom stereocenters. The van der Waals surface area contributed by atoms with Crippen LogP contribution in [0, 0.1) is 0 Å². The minimum atomic E-state index is -0.695. The van der Waals surface area contributed by atoms with Crippen LogP contribution in [0.3, 0.4) is 0 Å². The summed E-state index contributed by atoms with van der Waals surface area (Å²) >= 11 is 0. The number of hydrogen-bond donors (Lipinski definition) is 1. The van der Waals surface area contributed by atoms with Crippen LogP contribution in [0.2, 0.25) is 0 Å². The van der Waals surface area contributed by atoms with E-state index in [4.69, 9.17) is 5.73 Å². The van der Waals surface area contributed by atoms with Gasteiger partial charge in [0.25, 0.3) is 11.8 Å². The van der Waals surface area contributed by atoms with Crippen LogP contribution >= 0.6 is 0 Å². The average molecular weight is 272 g/mol. The molecule has 3 amide bonds. The van der Waals surface area contributed by atoms with Gasteiger partial charge in [0.1, 0.15) is 5.70 Å². The Morgan fingerprint density at radius 2 is 1.80 bits per heavy atom. The van der Waals surface area contributed by atoms with E-state index in [1.54, 1.807) is 24.3 Å². The van der Waals surface area contributed by atoms with Crippen molar-refractivity contribution in [2.24, 2.45) is 5.73 Å². The first-order chi connectivity index (χ1) is 9.56. The fourth-order valence-electron chi connectivity index (χ4n) is 2.16. The molecule has 0 saturated carbocycles. The quantitative estimate of drug-likeness (QED) is 0.833. The fraction of sp³-hybridized carbons (Fsp3) is 0.267. The molecule has 2 N–H and O–H groups in total. The van der Waals surface area contributed by atoms with Crippen LogP contribution in [0.5, 0.6) is 0 Å². The molecule has 0 fully saturated rings. The molecule has 1 aliphatic rings. The second kappa shape index (κ2) is 5.69. The molecule has 0 spiro atoms. The topological polar surface area (TPSA) is 80.5 Å². The summed E-state index contributed by atoms with van der Waals surface area (Å²) in [6.07, 6.45) is 1.10. The molecule has 5 heteroatoms. The summed E-state index contributed by atoms with van der Waals surface area (Å²) in [5, 5.41) is 0. The van der Waals surface area contributed by atoms with E-state index >= 15 is 0 Å². The number of hydrogen-bond acceptors (Lipinski definition) is 4. The molecule has 1 aliphatic heterocycles. The van der Waals surface area contributed by atoms with Gasteiger partial charge in [-0.15, -0.1) is 0 Å². The van der Waals surface area contributed by atoms with E-state index in [9.17, 15) is 14.4 Å². The standard InChI is InChI=1S/C15H16N2O3/c1-2-6-11-13(16)15(20)17(14(11)19)12(18)9-10-7-4-3-5-8-10/h3-5,7-8H,2,6,9,16H2,1H3. The molecule has 1 aromatic rings. The smallest absolute Gasteiger partial charge is 0.283 e. The van der Waals surface area contributed by atoms with E-state index < -0.39 is 17.7 Å². The molecule has 1 heterocycles. The summed E-state index contributed by atoms with van der Waals surface area (Å²) < 4.78 is 0. The summed E-state index contributed by atoms with van der Waals surface area (Å²) in [5.74, 6) is -1.81. The molecule has 0 aliphatic carbocycles. The Bertz CT molecular complexity index is 590. The van der Waals surface area contributed by atoms with E-state index in [2.05, 4.69) is 0 Å². The van der Waals surface area contributed by atoms with Crippen LogP contribution in [0.1, 0.15) is 25.3 Å². The Balaban J connectivity index is 2.17. The Labute approximate surface area is 117 Å². The maximum Gasteiger partial charge on any atom is 0.283 e. The normalized spacial score (nSPS) is 15.2. The van der Waals surface area contributed by atoms with Gasteiger partial charge in [-0.3, -0.25) is 14.4 Å². The Morgan fingerprint density at radius 1 is 1.15 bits per heavy atom. The van der Waals surface area contributed by atoms with Gasteiger partial charge < -0.3 is 5.73 Å². The molecule has 20 heavy (non-hydrogen) atoms. The highest BCUT2D eigenvalue weighted by atomic mass is 16.2. The monoisotopic (exact) mass is 272 g/mol. The highest BCUT2D eigenvalue weighted by Crippen LogP contribution is 2.22. The molecule has 0 atom stereocenters. The van der Waals surface area contributed by atoms with Crippen molar-refractivity contribution in [1.29, 1.82) is 0 Å². The SMILES string of the molecule is CCCC1=C(N)C(=O)N(C(=O)Cc2ccccc2)C1=O. The molecule has 5 nitrogen and oxygen atoms in total. The van der Waals surface area contributed by atoms with Gasteiger partial charge >= 0.3 is 0 Å². The van der Waals surface area contributed by atoms with Gasteiger partial charge in [0, 0.05) is 5.57 Å². The van der Waals surface area contributed by atoms with Crippen molar-refractivity contribution >= 4 is 17.7 Å². The lowest BCUT2D eigenvalue weighted by Crippen LogP contribution is -2.39. The number of imide groups is 3. The van der Waals surface area contributed by atoms with Gasteiger partial charge in [-0.05, 0) is 12.0 Å². The molecular formula is C15H16N2O3. The molecule has 0 bridgehead atoms. The van der Waals surface area contributed by atoms with Gasteiger partial charge in [0.2, 0.25) is 5.91 Å². The molecule has 0 radical (unpaired) electrons. The minimum absolute atomic E-state index is 0.00497. The zero-order chi connectivity index (χ0) is 14.7. The van der Waals surface area contributed by atoms with E-state index in [1.165, 1.54) is 0 Å². The number of benzene rings is 1. The number of rotatable bonds is 4. The van der Waals surface area contributed by atoms with E-state index in [0.29, 0.717) is 17.7 Å². The van der Waals surface area contributed by atoms with Crippen LogP contribution in [-0.4, -0.2) is 22.6 Å².